The third-order valence-corrected chi connectivity index (χ3v) is 5.53. The highest BCUT2D eigenvalue weighted by atomic mass is 16.5. The molecule has 10 heteroatoms. The van der Waals surface area contributed by atoms with Crippen LogP contribution in [0.3, 0.4) is 0 Å². The van der Waals surface area contributed by atoms with E-state index in [2.05, 4.69) is 30.2 Å². The number of anilines is 1. The van der Waals surface area contributed by atoms with Crippen LogP contribution >= 0.6 is 0 Å². The van der Waals surface area contributed by atoms with Crippen molar-refractivity contribution in [3.05, 3.63) is 66.4 Å². The lowest BCUT2D eigenvalue weighted by atomic mass is 10.2. The van der Waals surface area contributed by atoms with E-state index >= 15 is 0 Å². The minimum atomic E-state index is -0.113. The van der Waals surface area contributed by atoms with Gasteiger partial charge in [-0.3, -0.25) is 4.79 Å². The Morgan fingerprint density at radius 3 is 2.45 bits per heavy atom. The van der Waals surface area contributed by atoms with Crippen LogP contribution in [0.15, 0.2) is 59.4 Å². The lowest BCUT2D eigenvalue weighted by Gasteiger charge is -2.35. The maximum Gasteiger partial charge on any atom is 0.276 e. The van der Waals surface area contributed by atoms with Gasteiger partial charge in [0.15, 0.2) is 5.69 Å². The first-order chi connectivity index (χ1) is 16.1. The monoisotopic (exact) mass is 444 g/mol. The molecule has 33 heavy (non-hydrogen) atoms. The van der Waals surface area contributed by atoms with Gasteiger partial charge in [0, 0.05) is 43.9 Å². The second-order valence-corrected chi connectivity index (χ2v) is 8.15. The zero-order valence-electron chi connectivity index (χ0n) is 18.5. The Hall–Kier alpha value is -4.08. The molecule has 0 atom stereocenters. The summed E-state index contributed by atoms with van der Waals surface area (Å²) in [4.78, 5) is 27.3. The van der Waals surface area contributed by atoms with Crippen molar-refractivity contribution < 1.29 is 9.32 Å². The van der Waals surface area contributed by atoms with E-state index in [4.69, 9.17) is 4.52 Å². The molecule has 0 unspecified atom stereocenters. The first-order valence-corrected chi connectivity index (χ1v) is 10.9. The zero-order chi connectivity index (χ0) is 22.8. The number of carbonyl (C=O) groups excluding carboxylic acids is 1. The Bertz CT molecular complexity index is 1220. The molecule has 5 rings (SSSR count). The number of para-hydroxylation sites is 1. The molecule has 168 valence electrons. The minimum Gasteiger partial charge on any atom is -0.353 e. The largest absolute Gasteiger partial charge is 0.353 e. The first-order valence-electron chi connectivity index (χ1n) is 10.9. The van der Waals surface area contributed by atoms with Gasteiger partial charge in [0.05, 0.1) is 11.9 Å². The molecule has 10 nitrogen and oxygen atoms in total. The van der Waals surface area contributed by atoms with Crippen molar-refractivity contribution in [2.24, 2.45) is 0 Å². The Morgan fingerprint density at radius 1 is 1.00 bits per heavy atom. The molecule has 0 saturated carbocycles. The summed E-state index contributed by atoms with van der Waals surface area (Å²) >= 11 is 0. The molecule has 1 amide bonds. The average molecular weight is 444 g/mol. The van der Waals surface area contributed by atoms with Gasteiger partial charge in [-0.2, -0.15) is 14.9 Å². The highest BCUT2D eigenvalue weighted by molar-refractivity contribution is 5.92. The summed E-state index contributed by atoms with van der Waals surface area (Å²) in [5.41, 5.74) is 1.97. The second kappa shape index (κ2) is 8.81. The maximum absolute atomic E-state index is 12.9. The summed E-state index contributed by atoms with van der Waals surface area (Å²) in [7, 11) is 0. The number of benzene rings is 1. The third kappa shape index (κ3) is 4.32. The highest BCUT2D eigenvalue weighted by Gasteiger charge is 2.25. The summed E-state index contributed by atoms with van der Waals surface area (Å²) in [6.45, 7) is 6.56. The van der Waals surface area contributed by atoms with Crippen molar-refractivity contribution >= 4 is 11.7 Å². The van der Waals surface area contributed by atoms with Crippen molar-refractivity contribution in [2.45, 2.75) is 19.8 Å². The van der Waals surface area contributed by atoms with E-state index in [1.165, 1.54) is 11.0 Å². The van der Waals surface area contributed by atoms with E-state index in [-0.39, 0.29) is 11.8 Å². The predicted octanol–water partition coefficient (Wildman–Crippen LogP) is 2.80. The van der Waals surface area contributed by atoms with Crippen LogP contribution in [-0.4, -0.2) is 67.1 Å². The molecular formula is C23H24N8O2. The molecule has 1 aromatic carbocycles. The minimum absolute atomic E-state index is 0.113. The number of piperazine rings is 1. The first kappa shape index (κ1) is 20.8. The van der Waals surface area contributed by atoms with E-state index < -0.39 is 0 Å². The van der Waals surface area contributed by atoms with Crippen LogP contribution in [0.2, 0.25) is 0 Å². The fourth-order valence-electron chi connectivity index (χ4n) is 3.64. The molecule has 0 spiro atoms. The number of carbonyl (C=O) groups is 1. The molecule has 0 aliphatic carbocycles. The van der Waals surface area contributed by atoms with Crippen LogP contribution in [-0.2, 0) is 0 Å². The Labute approximate surface area is 190 Å². The molecule has 1 aliphatic rings. The second-order valence-electron chi connectivity index (χ2n) is 8.15. The highest BCUT2D eigenvalue weighted by Crippen LogP contribution is 2.22. The molecule has 3 aromatic heterocycles. The van der Waals surface area contributed by atoms with Crippen molar-refractivity contribution in [1.29, 1.82) is 0 Å². The van der Waals surface area contributed by atoms with Gasteiger partial charge < -0.3 is 14.3 Å². The number of amides is 1. The van der Waals surface area contributed by atoms with Crippen LogP contribution < -0.4 is 4.90 Å². The SMILES string of the molecule is CC(C)c1nc(-c2ccc(N3CCN(C(=O)c4cnn(-c5ccccc5)n4)CC3)nc2)no1. The molecule has 0 radical (unpaired) electrons. The quantitative estimate of drug-likeness (QED) is 0.463. The summed E-state index contributed by atoms with van der Waals surface area (Å²) < 4.78 is 5.28. The Morgan fingerprint density at radius 2 is 1.79 bits per heavy atom. The lowest BCUT2D eigenvalue weighted by Crippen LogP contribution is -2.49. The Kier molecular flexibility index (Phi) is 5.55. The molecule has 4 heterocycles. The number of pyridine rings is 1. The van der Waals surface area contributed by atoms with Crippen molar-refractivity contribution in [3.8, 4) is 17.1 Å². The molecule has 1 aliphatic heterocycles. The summed E-state index contributed by atoms with van der Waals surface area (Å²) in [6, 6.07) is 13.4. The van der Waals surface area contributed by atoms with Crippen LogP contribution in [0, 0.1) is 0 Å². The number of hydrogen-bond acceptors (Lipinski definition) is 8. The molecule has 0 N–H and O–H groups in total. The van der Waals surface area contributed by atoms with Crippen LogP contribution in [0.4, 0.5) is 5.82 Å². The predicted molar refractivity (Wildman–Crippen MR) is 121 cm³/mol. The third-order valence-electron chi connectivity index (χ3n) is 5.53. The van der Waals surface area contributed by atoms with E-state index in [1.54, 1.807) is 11.1 Å². The van der Waals surface area contributed by atoms with E-state index in [0.29, 0.717) is 43.6 Å². The standard InChI is InChI=1S/C23H24N8O2/c1-16(2)22-26-21(28-33-22)17-8-9-20(24-14-17)29-10-12-30(13-11-29)23(32)19-15-25-31(27-19)18-6-4-3-5-7-18/h3-9,14-16H,10-13H2,1-2H3. The van der Waals surface area contributed by atoms with Gasteiger partial charge in [0.2, 0.25) is 11.7 Å². The maximum atomic E-state index is 12.9. The molecule has 4 aromatic rings. The van der Waals surface area contributed by atoms with Crippen LogP contribution in [0.5, 0.6) is 0 Å². The van der Waals surface area contributed by atoms with Gasteiger partial charge >= 0.3 is 0 Å². The van der Waals surface area contributed by atoms with Crippen LogP contribution in [0.25, 0.3) is 17.1 Å². The molecule has 1 saturated heterocycles. The smallest absolute Gasteiger partial charge is 0.276 e. The van der Waals surface area contributed by atoms with Crippen LogP contribution in [0.1, 0.15) is 36.1 Å². The average Bonchev–Trinajstić information content (AvgIpc) is 3.55. The van der Waals surface area contributed by atoms with Gasteiger partial charge in [-0.15, -0.1) is 5.10 Å². The topological polar surface area (TPSA) is 106 Å². The van der Waals surface area contributed by atoms with Gasteiger partial charge in [0.25, 0.3) is 5.91 Å². The molecule has 0 bridgehead atoms. The Balaban J connectivity index is 1.20. The fraction of sp³-hybridized carbons (Fsp3) is 0.304. The number of hydrogen-bond donors (Lipinski definition) is 0. The normalized spacial score (nSPS) is 14.2. The van der Waals surface area contributed by atoms with E-state index in [0.717, 1.165) is 17.1 Å². The van der Waals surface area contributed by atoms with Gasteiger partial charge in [-0.05, 0) is 24.3 Å². The van der Waals surface area contributed by atoms with E-state index in [1.807, 2.05) is 56.3 Å². The van der Waals surface area contributed by atoms with E-state index in [9.17, 15) is 4.79 Å². The summed E-state index contributed by atoms with van der Waals surface area (Å²) in [5.74, 6) is 2.07. The fourth-order valence-corrected chi connectivity index (χ4v) is 3.64. The lowest BCUT2D eigenvalue weighted by molar-refractivity contribution is 0.0740. The summed E-state index contributed by atoms with van der Waals surface area (Å²) in [6.07, 6.45) is 3.27. The molecular weight excluding hydrogens is 420 g/mol. The number of aromatic nitrogens is 6. The number of nitrogens with zero attached hydrogens (tertiary/aromatic N) is 8. The van der Waals surface area contributed by atoms with Gasteiger partial charge in [-0.25, -0.2) is 4.98 Å². The zero-order valence-corrected chi connectivity index (χ0v) is 18.5. The van der Waals surface area contributed by atoms with Gasteiger partial charge in [-0.1, -0.05) is 37.2 Å². The van der Waals surface area contributed by atoms with Crippen molar-refractivity contribution in [1.82, 2.24) is 35.0 Å². The van der Waals surface area contributed by atoms with Gasteiger partial charge in [0.1, 0.15) is 5.82 Å². The molecule has 1 fully saturated rings. The van der Waals surface area contributed by atoms with Crippen molar-refractivity contribution in [3.63, 3.8) is 0 Å². The van der Waals surface area contributed by atoms with Crippen molar-refractivity contribution in [2.75, 3.05) is 31.1 Å². The summed E-state index contributed by atoms with van der Waals surface area (Å²) in [5, 5.41) is 12.6. The number of rotatable bonds is 5.